The molecule has 9 nitrogen and oxygen atoms in total. The van der Waals surface area contributed by atoms with Crippen LogP contribution < -0.4 is 5.32 Å². The first-order valence-electron chi connectivity index (χ1n) is 11.9. The largest absolute Gasteiger partial charge is 0.352 e. The van der Waals surface area contributed by atoms with Crippen LogP contribution in [0.5, 0.6) is 0 Å². The third kappa shape index (κ3) is 6.88. The molecule has 0 radical (unpaired) electrons. The van der Waals surface area contributed by atoms with Crippen LogP contribution >= 0.6 is 11.8 Å². The Kier molecular flexibility index (Phi) is 8.46. The van der Waals surface area contributed by atoms with E-state index < -0.39 is 0 Å². The van der Waals surface area contributed by atoms with Crippen molar-refractivity contribution in [3.05, 3.63) is 65.8 Å². The number of carbonyl (C=O) groups is 2. The van der Waals surface area contributed by atoms with Crippen molar-refractivity contribution in [3.63, 3.8) is 0 Å². The molecule has 0 spiro atoms. The van der Waals surface area contributed by atoms with Gasteiger partial charge in [0.05, 0.1) is 23.3 Å². The number of hydrogen-bond acceptors (Lipinski definition) is 7. The van der Waals surface area contributed by atoms with E-state index in [1.54, 1.807) is 18.7 Å². The van der Waals surface area contributed by atoms with Crippen LogP contribution in [0.1, 0.15) is 52.6 Å². The number of pyridine rings is 1. The second-order valence-corrected chi connectivity index (χ2v) is 9.66. The van der Waals surface area contributed by atoms with Gasteiger partial charge in [-0.05, 0) is 51.3 Å². The van der Waals surface area contributed by atoms with Crippen LogP contribution in [0.25, 0.3) is 0 Å². The Labute approximate surface area is 209 Å². The zero-order chi connectivity index (χ0) is 24.6. The van der Waals surface area contributed by atoms with Crippen LogP contribution in [0.3, 0.4) is 0 Å². The number of hydrogen-bond donors (Lipinski definition) is 1. The van der Waals surface area contributed by atoms with Gasteiger partial charge < -0.3 is 14.8 Å². The van der Waals surface area contributed by atoms with E-state index >= 15 is 0 Å². The van der Waals surface area contributed by atoms with E-state index in [4.69, 9.17) is 4.98 Å². The van der Waals surface area contributed by atoms with Gasteiger partial charge in [-0.25, -0.2) is 15.0 Å². The highest BCUT2D eigenvalue weighted by atomic mass is 32.2. The van der Waals surface area contributed by atoms with Gasteiger partial charge in [0.15, 0.2) is 5.16 Å². The highest BCUT2D eigenvalue weighted by molar-refractivity contribution is 7.99. The van der Waals surface area contributed by atoms with E-state index in [9.17, 15) is 9.59 Å². The van der Waals surface area contributed by atoms with Crippen molar-refractivity contribution < 1.29 is 9.59 Å². The summed E-state index contributed by atoms with van der Waals surface area (Å²) in [6.07, 6.45) is 9.54. The Morgan fingerprint density at radius 2 is 1.89 bits per heavy atom. The van der Waals surface area contributed by atoms with Crippen molar-refractivity contribution in [3.8, 4) is 0 Å². The van der Waals surface area contributed by atoms with Gasteiger partial charge in [0.1, 0.15) is 0 Å². The first kappa shape index (κ1) is 24.8. The number of aromatic nitrogens is 5. The first-order chi connectivity index (χ1) is 17.0. The zero-order valence-electron chi connectivity index (χ0n) is 20.2. The summed E-state index contributed by atoms with van der Waals surface area (Å²) in [6, 6.07) is 5.60. The molecule has 184 valence electrons. The topological polar surface area (TPSA) is 106 Å². The standard InChI is InChI=1S/C25H31N7O2S/c1-18-4-5-21(24(34)27-9-3-12-31-15-11-26-17-31)23(29-18)20-7-13-32(14-8-20)22(33)16-35-25-28-10-6-19(2)30-25/h4-6,10-11,15,17,20H,3,7-9,12-14,16H2,1-2H3,(H,27,34). The van der Waals surface area contributed by atoms with Gasteiger partial charge in [-0.1, -0.05) is 11.8 Å². The molecule has 0 saturated carbocycles. The molecular weight excluding hydrogens is 462 g/mol. The predicted molar refractivity (Wildman–Crippen MR) is 134 cm³/mol. The lowest BCUT2D eigenvalue weighted by molar-refractivity contribution is -0.129. The van der Waals surface area contributed by atoms with E-state index in [1.807, 2.05) is 47.7 Å². The lowest BCUT2D eigenvalue weighted by Crippen LogP contribution is -2.39. The molecule has 3 aromatic heterocycles. The Bertz CT molecular complexity index is 1140. The molecule has 0 aliphatic carbocycles. The van der Waals surface area contributed by atoms with E-state index in [1.165, 1.54) is 11.8 Å². The number of carbonyl (C=O) groups excluding carboxylic acids is 2. The minimum absolute atomic E-state index is 0.0895. The van der Waals surface area contributed by atoms with Gasteiger partial charge >= 0.3 is 0 Å². The van der Waals surface area contributed by atoms with E-state index in [0.29, 0.717) is 36.1 Å². The van der Waals surface area contributed by atoms with E-state index in [-0.39, 0.29) is 17.7 Å². The van der Waals surface area contributed by atoms with Crippen LogP contribution in [-0.2, 0) is 11.3 Å². The second-order valence-electron chi connectivity index (χ2n) is 8.72. The fourth-order valence-electron chi connectivity index (χ4n) is 4.17. The molecule has 1 aliphatic heterocycles. The second kappa shape index (κ2) is 11.9. The normalized spacial score (nSPS) is 14.2. The maximum Gasteiger partial charge on any atom is 0.253 e. The molecule has 1 fully saturated rings. The number of likely N-dealkylation sites (tertiary alicyclic amines) is 1. The fraction of sp³-hybridized carbons (Fsp3) is 0.440. The lowest BCUT2D eigenvalue weighted by Gasteiger charge is -2.32. The maximum absolute atomic E-state index is 12.9. The molecule has 10 heteroatoms. The molecule has 0 unspecified atom stereocenters. The highest BCUT2D eigenvalue weighted by Crippen LogP contribution is 2.30. The fourth-order valence-corrected chi connectivity index (χ4v) is 4.95. The summed E-state index contributed by atoms with van der Waals surface area (Å²) in [5.41, 5.74) is 3.26. The SMILES string of the molecule is Cc1ccnc(SCC(=O)N2CCC(c3nc(C)ccc3C(=O)NCCCn3ccnc3)CC2)n1. The minimum Gasteiger partial charge on any atom is -0.352 e. The van der Waals surface area contributed by atoms with Gasteiger partial charge in [-0.2, -0.15) is 0 Å². The number of piperidine rings is 1. The smallest absolute Gasteiger partial charge is 0.253 e. The number of nitrogens with zero attached hydrogens (tertiary/aromatic N) is 6. The average molecular weight is 494 g/mol. The molecule has 35 heavy (non-hydrogen) atoms. The molecule has 4 rings (SSSR count). The van der Waals surface area contributed by atoms with E-state index in [2.05, 4.69) is 20.3 Å². The predicted octanol–water partition coefficient (Wildman–Crippen LogP) is 3.00. The monoisotopic (exact) mass is 493 g/mol. The summed E-state index contributed by atoms with van der Waals surface area (Å²) < 4.78 is 1.99. The summed E-state index contributed by atoms with van der Waals surface area (Å²) in [5, 5.41) is 3.65. The molecule has 0 aromatic carbocycles. The van der Waals surface area contributed by atoms with Crippen LogP contribution in [-0.4, -0.2) is 66.6 Å². The van der Waals surface area contributed by atoms with Gasteiger partial charge in [-0.15, -0.1) is 0 Å². The summed E-state index contributed by atoms with van der Waals surface area (Å²) in [4.78, 5) is 44.9. The summed E-state index contributed by atoms with van der Waals surface area (Å²) in [7, 11) is 0. The lowest BCUT2D eigenvalue weighted by atomic mass is 9.90. The quantitative estimate of drug-likeness (QED) is 0.277. The van der Waals surface area contributed by atoms with Crippen molar-refractivity contribution in [2.24, 2.45) is 0 Å². The zero-order valence-corrected chi connectivity index (χ0v) is 21.0. The number of rotatable bonds is 9. The minimum atomic E-state index is -0.0915. The van der Waals surface area contributed by atoms with Crippen molar-refractivity contribution in [2.75, 3.05) is 25.4 Å². The molecule has 3 aromatic rings. The molecule has 2 amide bonds. The van der Waals surface area contributed by atoms with Crippen LogP contribution in [0.15, 0.2) is 48.3 Å². The van der Waals surface area contributed by atoms with Crippen LogP contribution in [0, 0.1) is 13.8 Å². The Morgan fingerprint density at radius 1 is 1.09 bits per heavy atom. The third-order valence-corrected chi connectivity index (χ3v) is 6.92. The summed E-state index contributed by atoms with van der Waals surface area (Å²) in [6.45, 7) is 6.55. The number of aryl methyl sites for hydroxylation is 3. The van der Waals surface area contributed by atoms with Gasteiger partial charge in [-0.3, -0.25) is 14.6 Å². The van der Waals surface area contributed by atoms with Crippen molar-refractivity contribution in [1.82, 2.24) is 34.7 Å². The molecular formula is C25H31N7O2S. The number of imidazole rings is 1. The van der Waals surface area contributed by atoms with E-state index in [0.717, 1.165) is 42.9 Å². The molecule has 0 bridgehead atoms. The van der Waals surface area contributed by atoms with Crippen LogP contribution in [0.2, 0.25) is 0 Å². The number of thioether (sulfide) groups is 1. The Hall–Kier alpha value is -3.27. The van der Waals surface area contributed by atoms with Gasteiger partial charge in [0.25, 0.3) is 5.91 Å². The Morgan fingerprint density at radius 3 is 2.63 bits per heavy atom. The molecule has 1 aliphatic rings. The number of nitrogens with one attached hydrogen (secondary N) is 1. The molecule has 1 saturated heterocycles. The van der Waals surface area contributed by atoms with Crippen molar-refractivity contribution in [1.29, 1.82) is 0 Å². The number of amides is 2. The third-order valence-electron chi connectivity index (χ3n) is 6.08. The first-order valence-corrected chi connectivity index (χ1v) is 12.9. The Balaban J connectivity index is 1.30. The maximum atomic E-state index is 12.9. The van der Waals surface area contributed by atoms with Crippen LogP contribution in [0.4, 0.5) is 0 Å². The average Bonchev–Trinajstić information content (AvgIpc) is 3.39. The molecule has 4 heterocycles. The van der Waals surface area contributed by atoms with Crippen molar-refractivity contribution >= 4 is 23.6 Å². The summed E-state index contributed by atoms with van der Waals surface area (Å²) in [5.74, 6) is 0.472. The van der Waals surface area contributed by atoms with Gasteiger partial charge in [0.2, 0.25) is 5.91 Å². The molecule has 1 N–H and O–H groups in total. The van der Waals surface area contributed by atoms with Gasteiger partial charge in [0, 0.05) is 62.1 Å². The highest BCUT2D eigenvalue weighted by Gasteiger charge is 2.28. The van der Waals surface area contributed by atoms with Crippen molar-refractivity contribution in [2.45, 2.75) is 50.7 Å². The molecule has 0 atom stereocenters. The summed E-state index contributed by atoms with van der Waals surface area (Å²) >= 11 is 1.37.